The normalized spacial score (nSPS) is 13.0. The van der Waals surface area contributed by atoms with Crippen LogP contribution in [0.25, 0.3) is 0 Å². The van der Waals surface area contributed by atoms with Gasteiger partial charge in [-0.1, -0.05) is 67.7 Å². The minimum Gasteiger partial charge on any atom is -0.317 e. The molecule has 0 aliphatic heterocycles. The van der Waals surface area contributed by atoms with Crippen molar-refractivity contribution in [2.45, 2.75) is 58.3 Å². The highest BCUT2D eigenvalue weighted by atomic mass is 14.8. The molecule has 0 atom stereocenters. The fourth-order valence-electron chi connectivity index (χ4n) is 2.01. The Balaban J connectivity index is 3.39. The predicted molar refractivity (Wildman–Crippen MR) is 107 cm³/mol. The SMILES string of the molecule is [CH2]CNCCCC/C=C\C/C=C\CC=CCC=CC/C=C\CC. The third kappa shape index (κ3) is 20.7. The van der Waals surface area contributed by atoms with Crippen molar-refractivity contribution in [3.63, 3.8) is 0 Å². The van der Waals surface area contributed by atoms with E-state index in [0.29, 0.717) is 0 Å². The van der Waals surface area contributed by atoms with Crippen molar-refractivity contribution in [3.05, 3.63) is 67.7 Å². The summed E-state index contributed by atoms with van der Waals surface area (Å²) in [7, 11) is 0. The second kappa shape index (κ2) is 20.7. The summed E-state index contributed by atoms with van der Waals surface area (Å²) in [5.41, 5.74) is 0. The molecule has 1 N–H and O–H groups in total. The quantitative estimate of drug-likeness (QED) is 0.275. The molecular weight excluding hydrogens is 278 g/mol. The first-order valence-electron chi connectivity index (χ1n) is 9.16. The summed E-state index contributed by atoms with van der Waals surface area (Å²) in [6.07, 6.45) is 31.4. The van der Waals surface area contributed by atoms with E-state index < -0.39 is 0 Å². The van der Waals surface area contributed by atoms with Crippen molar-refractivity contribution in [3.8, 4) is 0 Å². The van der Waals surface area contributed by atoms with Crippen LogP contribution < -0.4 is 5.32 Å². The molecule has 0 amide bonds. The van der Waals surface area contributed by atoms with Gasteiger partial charge in [-0.3, -0.25) is 0 Å². The lowest BCUT2D eigenvalue weighted by molar-refractivity contribution is 0.660. The monoisotopic (exact) mass is 314 g/mol. The Hall–Kier alpha value is -1.34. The van der Waals surface area contributed by atoms with E-state index in [9.17, 15) is 0 Å². The highest BCUT2D eigenvalue weighted by Crippen LogP contribution is 1.98. The lowest BCUT2D eigenvalue weighted by atomic mass is 10.2. The fourth-order valence-corrected chi connectivity index (χ4v) is 2.01. The molecule has 0 aromatic rings. The maximum Gasteiger partial charge on any atom is -0.00484 e. The molecule has 0 fully saturated rings. The third-order valence-electron chi connectivity index (χ3n) is 3.31. The maximum atomic E-state index is 3.76. The minimum absolute atomic E-state index is 0.835. The van der Waals surface area contributed by atoms with Gasteiger partial charge in [-0.15, -0.1) is 0 Å². The molecule has 0 aliphatic rings. The lowest BCUT2D eigenvalue weighted by Crippen LogP contribution is -2.13. The van der Waals surface area contributed by atoms with Crippen molar-refractivity contribution >= 4 is 0 Å². The molecule has 1 heteroatoms. The van der Waals surface area contributed by atoms with Gasteiger partial charge in [0.25, 0.3) is 0 Å². The van der Waals surface area contributed by atoms with E-state index in [2.05, 4.69) is 79.9 Å². The Morgan fingerprint density at radius 3 is 1.61 bits per heavy atom. The Kier molecular flexibility index (Phi) is 19.5. The first-order chi connectivity index (χ1) is 11.4. The largest absolute Gasteiger partial charge is 0.317 e. The Labute approximate surface area is 145 Å². The van der Waals surface area contributed by atoms with Crippen LogP contribution in [-0.4, -0.2) is 13.1 Å². The smallest absolute Gasteiger partial charge is 0.00484 e. The number of rotatable bonds is 15. The van der Waals surface area contributed by atoms with Crippen LogP contribution in [0, 0.1) is 6.92 Å². The molecule has 0 unspecified atom stereocenters. The summed E-state index contributed by atoms with van der Waals surface area (Å²) in [4.78, 5) is 0. The van der Waals surface area contributed by atoms with Gasteiger partial charge < -0.3 is 5.32 Å². The van der Waals surface area contributed by atoms with Gasteiger partial charge >= 0.3 is 0 Å². The van der Waals surface area contributed by atoms with E-state index in [-0.39, 0.29) is 0 Å². The molecule has 0 heterocycles. The van der Waals surface area contributed by atoms with Crippen LogP contribution in [0.4, 0.5) is 0 Å². The molecule has 0 bridgehead atoms. The molecule has 23 heavy (non-hydrogen) atoms. The number of unbranched alkanes of at least 4 members (excludes halogenated alkanes) is 2. The van der Waals surface area contributed by atoms with Gasteiger partial charge in [-0.2, -0.15) is 0 Å². The van der Waals surface area contributed by atoms with Crippen molar-refractivity contribution in [2.75, 3.05) is 13.1 Å². The van der Waals surface area contributed by atoms with Gasteiger partial charge in [0.1, 0.15) is 0 Å². The lowest BCUT2D eigenvalue weighted by Gasteiger charge is -1.98. The van der Waals surface area contributed by atoms with Crippen molar-refractivity contribution in [2.24, 2.45) is 0 Å². The summed E-state index contributed by atoms with van der Waals surface area (Å²) >= 11 is 0. The second-order valence-corrected chi connectivity index (χ2v) is 5.45. The van der Waals surface area contributed by atoms with Crippen molar-refractivity contribution < 1.29 is 0 Å². The van der Waals surface area contributed by atoms with Crippen LogP contribution >= 0.6 is 0 Å². The van der Waals surface area contributed by atoms with E-state index >= 15 is 0 Å². The zero-order valence-electron chi connectivity index (χ0n) is 15.1. The molecule has 0 spiro atoms. The number of nitrogens with one attached hydrogen (secondary N) is 1. The first kappa shape index (κ1) is 21.7. The average molecular weight is 315 g/mol. The highest BCUT2D eigenvalue weighted by Gasteiger charge is 1.84. The summed E-state index contributed by atoms with van der Waals surface area (Å²) in [5.74, 6) is 0. The van der Waals surface area contributed by atoms with E-state index in [1.54, 1.807) is 0 Å². The summed E-state index contributed by atoms with van der Waals surface area (Å²) in [6, 6.07) is 0. The minimum atomic E-state index is 0.835. The molecule has 0 aromatic carbocycles. The number of hydrogen-bond donors (Lipinski definition) is 1. The van der Waals surface area contributed by atoms with Gasteiger partial charge in [-0.25, -0.2) is 0 Å². The molecule has 1 nitrogen and oxygen atoms in total. The summed E-state index contributed by atoms with van der Waals surface area (Å²) in [5, 5.41) is 3.24. The average Bonchev–Trinajstić information content (AvgIpc) is 2.57. The first-order valence-corrected chi connectivity index (χ1v) is 9.16. The van der Waals surface area contributed by atoms with Crippen LogP contribution in [0.3, 0.4) is 0 Å². The number of hydrogen-bond acceptors (Lipinski definition) is 1. The number of allylic oxidation sites excluding steroid dienone is 10. The molecule has 1 radical (unpaired) electrons. The van der Waals surface area contributed by atoms with Crippen LogP contribution in [0.2, 0.25) is 0 Å². The van der Waals surface area contributed by atoms with E-state index in [4.69, 9.17) is 0 Å². The topological polar surface area (TPSA) is 12.0 Å². The van der Waals surface area contributed by atoms with Crippen molar-refractivity contribution in [1.82, 2.24) is 5.32 Å². The molecule has 0 rings (SSSR count). The van der Waals surface area contributed by atoms with Gasteiger partial charge in [0.15, 0.2) is 0 Å². The Morgan fingerprint density at radius 2 is 1.13 bits per heavy atom. The zero-order chi connectivity index (χ0) is 16.8. The standard InChI is InChI=1S/C22H36N/c1-3-5-6-7-8-9-10-11-12-13-14-15-16-17-18-19-20-21-22-23-4-2/h5-6,8-9,11-12,14-15,17-18,23H,2-4,7,10,13,16,19-22H2,1H3/b6-5-,9-8?,12-11?,15-14-,18-17-. The Morgan fingerprint density at radius 1 is 0.652 bits per heavy atom. The fraction of sp³-hybridized carbons (Fsp3) is 0.500. The third-order valence-corrected chi connectivity index (χ3v) is 3.31. The van der Waals surface area contributed by atoms with Gasteiger partial charge in [-0.05, 0) is 71.4 Å². The summed E-state index contributed by atoms with van der Waals surface area (Å²) < 4.78 is 0. The van der Waals surface area contributed by atoms with E-state index in [1.165, 1.54) is 19.3 Å². The zero-order valence-corrected chi connectivity index (χ0v) is 15.1. The molecule has 0 saturated carbocycles. The van der Waals surface area contributed by atoms with Gasteiger partial charge in [0.2, 0.25) is 0 Å². The van der Waals surface area contributed by atoms with E-state index in [1.807, 2.05) is 0 Å². The van der Waals surface area contributed by atoms with Crippen molar-refractivity contribution in [1.29, 1.82) is 0 Å². The van der Waals surface area contributed by atoms with E-state index in [0.717, 1.165) is 45.2 Å². The molecule has 0 aromatic heterocycles. The summed E-state index contributed by atoms with van der Waals surface area (Å²) in [6.45, 7) is 7.85. The van der Waals surface area contributed by atoms with Gasteiger partial charge in [0, 0.05) is 0 Å². The maximum absolute atomic E-state index is 3.76. The Bertz CT molecular complexity index is 358. The molecule has 129 valence electrons. The molecule has 0 saturated heterocycles. The highest BCUT2D eigenvalue weighted by molar-refractivity contribution is 5.00. The van der Waals surface area contributed by atoms with Crippen LogP contribution in [0.15, 0.2) is 60.8 Å². The van der Waals surface area contributed by atoms with Crippen LogP contribution in [-0.2, 0) is 0 Å². The van der Waals surface area contributed by atoms with Crippen LogP contribution in [0.5, 0.6) is 0 Å². The van der Waals surface area contributed by atoms with Gasteiger partial charge in [0.05, 0.1) is 0 Å². The van der Waals surface area contributed by atoms with Crippen LogP contribution in [0.1, 0.15) is 58.3 Å². The predicted octanol–water partition coefficient (Wildman–Crippen LogP) is 6.33. The molecule has 0 aliphatic carbocycles. The molecular formula is C22H36N. The second-order valence-electron chi connectivity index (χ2n) is 5.45.